The highest BCUT2D eigenvalue weighted by Crippen LogP contribution is 2.40. The van der Waals surface area contributed by atoms with Crippen LogP contribution in [0.5, 0.6) is 0 Å². The fourth-order valence-corrected chi connectivity index (χ4v) is 4.90. The number of hydrogen-bond donors (Lipinski definition) is 0. The molecule has 160 valence electrons. The Morgan fingerprint density at radius 2 is 1.81 bits per heavy atom. The smallest absolute Gasteiger partial charge is 0.256 e. The first-order valence-corrected chi connectivity index (χ1v) is 10.9. The summed E-state index contributed by atoms with van der Waals surface area (Å²) in [5.74, 6) is -0.0270. The van der Waals surface area contributed by atoms with Crippen LogP contribution in [0.15, 0.2) is 48.7 Å². The predicted molar refractivity (Wildman–Crippen MR) is 122 cm³/mol. The molecule has 6 nitrogen and oxygen atoms in total. The zero-order valence-electron chi connectivity index (χ0n) is 18.2. The second-order valence-electron chi connectivity index (χ2n) is 8.59. The van der Waals surface area contributed by atoms with Crippen molar-refractivity contribution in [2.24, 2.45) is 7.05 Å². The Hall–Kier alpha value is -3.12. The highest BCUT2D eigenvalue weighted by molar-refractivity contribution is 6.06. The first-order valence-electron chi connectivity index (χ1n) is 10.9. The number of benzene rings is 2. The first kappa shape index (κ1) is 19.8. The Morgan fingerprint density at radius 1 is 1.03 bits per heavy atom. The second-order valence-corrected chi connectivity index (χ2v) is 8.59. The van der Waals surface area contributed by atoms with Gasteiger partial charge in [-0.2, -0.15) is 0 Å². The number of fused-ring (bicyclic) bond motifs is 2. The normalized spacial score (nSPS) is 20.9. The summed E-state index contributed by atoms with van der Waals surface area (Å²) in [6.45, 7) is 4.66. The maximum atomic E-state index is 13.3. The molecule has 6 heteroatoms. The topological polar surface area (TPSA) is 54.8 Å². The van der Waals surface area contributed by atoms with Crippen LogP contribution in [0.3, 0.4) is 0 Å². The lowest BCUT2D eigenvalue weighted by Crippen LogP contribution is -2.53. The van der Waals surface area contributed by atoms with E-state index in [2.05, 4.69) is 35.0 Å². The molecule has 0 bridgehead atoms. The Morgan fingerprint density at radius 3 is 2.55 bits per heavy atom. The van der Waals surface area contributed by atoms with Crippen LogP contribution >= 0.6 is 0 Å². The summed E-state index contributed by atoms with van der Waals surface area (Å²) in [5, 5.41) is 1.17. The summed E-state index contributed by atoms with van der Waals surface area (Å²) < 4.78 is 7.78. The molecule has 2 amide bonds. The Labute approximate surface area is 182 Å². The third kappa shape index (κ3) is 3.31. The summed E-state index contributed by atoms with van der Waals surface area (Å²) in [7, 11) is 2.03. The van der Waals surface area contributed by atoms with E-state index < -0.39 is 6.10 Å². The summed E-state index contributed by atoms with van der Waals surface area (Å²) in [4.78, 5) is 29.3. The summed E-state index contributed by atoms with van der Waals surface area (Å²) >= 11 is 0. The van der Waals surface area contributed by atoms with E-state index in [1.54, 1.807) is 11.8 Å². The molecule has 2 aromatic carbocycles. The van der Waals surface area contributed by atoms with Crippen LogP contribution in [0.25, 0.3) is 22.0 Å². The molecule has 3 heterocycles. The fraction of sp³-hybridized carbons (Fsp3) is 0.360. The van der Waals surface area contributed by atoms with Gasteiger partial charge in [-0.1, -0.05) is 12.1 Å². The average molecular weight is 418 g/mol. The van der Waals surface area contributed by atoms with Crippen LogP contribution in [0, 0.1) is 0 Å². The maximum Gasteiger partial charge on any atom is 0.256 e. The quantitative estimate of drug-likeness (QED) is 0.631. The molecule has 0 aliphatic carbocycles. The largest absolute Gasteiger partial charge is 0.368 e. The van der Waals surface area contributed by atoms with E-state index in [0.717, 1.165) is 35.3 Å². The molecular formula is C25H27N3O3. The van der Waals surface area contributed by atoms with Gasteiger partial charge in [-0.05, 0) is 61.2 Å². The number of carbonyl (C=O) groups is 2. The van der Waals surface area contributed by atoms with Crippen molar-refractivity contribution in [2.45, 2.75) is 38.8 Å². The standard InChI is InChI=1S/C25H27N3O3/c1-16-15-27(25(30)24-5-4-12-31-24)23-14-19(7-9-22(23)28(16)17(2)29)18-6-8-21-20(13-18)10-11-26(21)3/h6-11,13-14,16,24H,4-5,12,15H2,1-3H3/t16-,24?/m0/s1. The Balaban J connectivity index is 1.61. The van der Waals surface area contributed by atoms with Crippen molar-refractivity contribution in [1.82, 2.24) is 4.57 Å². The van der Waals surface area contributed by atoms with Crippen LogP contribution in [0.4, 0.5) is 11.4 Å². The number of aromatic nitrogens is 1. The highest BCUT2D eigenvalue weighted by atomic mass is 16.5. The minimum atomic E-state index is -0.395. The number of anilines is 2. The number of rotatable bonds is 2. The lowest BCUT2D eigenvalue weighted by molar-refractivity contribution is -0.127. The molecule has 3 aromatic rings. The van der Waals surface area contributed by atoms with Gasteiger partial charge >= 0.3 is 0 Å². The van der Waals surface area contributed by atoms with Gasteiger partial charge in [-0.3, -0.25) is 9.59 Å². The molecule has 2 aliphatic rings. The van der Waals surface area contributed by atoms with E-state index in [-0.39, 0.29) is 17.9 Å². The van der Waals surface area contributed by atoms with E-state index in [1.807, 2.05) is 37.1 Å². The lowest BCUT2D eigenvalue weighted by atomic mass is 9.99. The van der Waals surface area contributed by atoms with Crippen molar-refractivity contribution in [2.75, 3.05) is 23.0 Å². The SMILES string of the molecule is CC(=O)N1c2ccc(-c3ccc4c(ccn4C)c3)cc2N(C(=O)C2CCCO2)C[C@@H]1C. The third-order valence-electron chi connectivity index (χ3n) is 6.44. The van der Waals surface area contributed by atoms with Crippen molar-refractivity contribution in [3.63, 3.8) is 0 Å². The van der Waals surface area contributed by atoms with Gasteiger partial charge in [-0.25, -0.2) is 0 Å². The highest BCUT2D eigenvalue weighted by Gasteiger charge is 2.37. The van der Waals surface area contributed by atoms with E-state index >= 15 is 0 Å². The number of amides is 2. The number of ether oxygens (including phenoxy) is 1. The molecule has 5 rings (SSSR count). The Bertz CT molecular complexity index is 1180. The number of carbonyl (C=O) groups excluding carboxylic acids is 2. The van der Waals surface area contributed by atoms with Crippen molar-refractivity contribution in [3.05, 3.63) is 48.7 Å². The van der Waals surface area contributed by atoms with Gasteiger partial charge in [0.15, 0.2) is 0 Å². The van der Waals surface area contributed by atoms with Gasteiger partial charge in [-0.15, -0.1) is 0 Å². The van der Waals surface area contributed by atoms with Gasteiger partial charge < -0.3 is 19.1 Å². The number of nitrogens with zero attached hydrogens (tertiary/aromatic N) is 3. The molecule has 0 spiro atoms. The van der Waals surface area contributed by atoms with E-state index in [9.17, 15) is 9.59 Å². The molecule has 2 aliphatic heterocycles. The summed E-state index contributed by atoms with van der Waals surface area (Å²) in [6, 6.07) is 14.4. The zero-order chi connectivity index (χ0) is 21.7. The lowest BCUT2D eigenvalue weighted by Gasteiger charge is -2.41. The molecular weight excluding hydrogens is 390 g/mol. The molecule has 1 unspecified atom stereocenters. The van der Waals surface area contributed by atoms with Crippen LogP contribution in [0.1, 0.15) is 26.7 Å². The van der Waals surface area contributed by atoms with Crippen molar-refractivity contribution < 1.29 is 14.3 Å². The van der Waals surface area contributed by atoms with Crippen LogP contribution in [-0.4, -0.2) is 41.7 Å². The molecule has 0 saturated carbocycles. The van der Waals surface area contributed by atoms with Crippen LogP contribution in [0.2, 0.25) is 0 Å². The van der Waals surface area contributed by atoms with Crippen LogP contribution in [-0.2, 0) is 21.4 Å². The first-order chi connectivity index (χ1) is 14.9. The molecule has 0 N–H and O–H groups in total. The van der Waals surface area contributed by atoms with E-state index in [0.29, 0.717) is 13.2 Å². The van der Waals surface area contributed by atoms with Crippen molar-refractivity contribution in [3.8, 4) is 11.1 Å². The van der Waals surface area contributed by atoms with E-state index in [4.69, 9.17) is 4.74 Å². The second kappa shape index (κ2) is 7.54. The van der Waals surface area contributed by atoms with Gasteiger partial charge in [0.1, 0.15) is 6.10 Å². The summed E-state index contributed by atoms with van der Waals surface area (Å²) in [6.07, 6.45) is 3.31. The van der Waals surface area contributed by atoms with Gasteiger partial charge in [0.05, 0.1) is 17.4 Å². The molecule has 31 heavy (non-hydrogen) atoms. The van der Waals surface area contributed by atoms with Gasteiger partial charge in [0.25, 0.3) is 5.91 Å². The summed E-state index contributed by atoms with van der Waals surface area (Å²) in [5.41, 5.74) is 4.83. The molecule has 0 radical (unpaired) electrons. The third-order valence-corrected chi connectivity index (χ3v) is 6.44. The number of hydrogen-bond acceptors (Lipinski definition) is 3. The van der Waals surface area contributed by atoms with Crippen molar-refractivity contribution >= 4 is 34.1 Å². The zero-order valence-corrected chi connectivity index (χ0v) is 18.2. The predicted octanol–water partition coefficient (Wildman–Crippen LogP) is 4.11. The minimum Gasteiger partial charge on any atom is -0.368 e. The molecule has 1 fully saturated rings. The van der Waals surface area contributed by atoms with Gasteiger partial charge in [0, 0.05) is 44.2 Å². The van der Waals surface area contributed by atoms with E-state index in [1.165, 1.54) is 10.9 Å². The maximum absolute atomic E-state index is 13.3. The molecule has 1 aromatic heterocycles. The molecule has 1 saturated heterocycles. The fourth-order valence-electron chi connectivity index (χ4n) is 4.90. The van der Waals surface area contributed by atoms with Gasteiger partial charge in [0.2, 0.25) is 5.91 Å². The number of aryl methyl sites for hydroxylation is 1. The Kier molecular flexibility index (Phi) is 4.82. The minimum absolute atomic E-state index is 0.00976. The monoisotopic (exact) mass is 417 g/mol. The van der Waals surface area contributed by atoms with Crippen molar-refractivity contribution in [1.29, 1.82) is 0 Å². The van der Waals surface area contributed by atoms with Crippen LogP contribution < -0.4 is 9.80 Å². The molecule has 2 atom stereocenters. The average Bonchev–Trinajstić information content (AvgIpc) is 3.42.